The summed E-state index contributed by atoms with van der Waals surface area (Å²) in [6.07, 6.45) is 0. The van der Waals surface area contributed by atoms with Crippen molar-refractivity contribution in [3.63, 3.8) is 0 Å². The average Bonchev–Trinajstić information content (AvgIpc) is 2.78. The van der Waals surface area contributed by atoms with Crippen LogP contribution in [0.2, 0.25) is 5.02 Å². The quantitative estimate of drug-likeness (QED) is 0.493. The second-order valence-corrected chi connectivity index (χ2v) is 9.62. The molecule has 0 atom stereocenters. The first kappa shape index (κ1) is 24.3. The zero-order valence-electron chi connectivity index (χ0n) is 18.3. The number of carbonyl (C=O) groups excluding carboxylic acids is 2. The summed E-state index contributed by atoms with van der Waals surface area (Å²) < 4.78 is 32.7. The first-order valence-corrected chi connectivity index (χ1v) is 11.8. The van der Waals surface area contributed by atoms with Crippen LogP contribution in [0.5, 0.6) is 0 Å². The number of ether oxygens (including phenoxy) is 1. The molecule has 7 nitrogen and oxygen atoms in total. The number of methoxy groups -OCH3 is 1. The lowest BCUT2D eigenvalue weighted by Gasteiger charge is -2.24. The van der Waals surface area contributed by atoms with E-state index in [1.165, 1.54) is 31.4 Å². The van der Waals surface area contributed by atoms with E-state index in [1.54, 1.807) is 43.3 Å². The zero-order valence-corrected chi connectivity index (χ0v) is 19.9. The molecule has 0 aromatic heterocycles. The van der Waals surface area contributed by atoms with Gasteiger partial charge in [0.2, 0.25) is 5.91 Å². The maximum atomic E-state index is 13.4. The van der Waals surface area contributed by atoms with Gasteiger partial charge in [0.15, 0.2) is 0 Å². The highest BCUT2D eigenvalue weighted by molar-refractivity contribution is 7.92. The molecule has 1 N–H and O–H groups in total. The molecular formula is C24H23ClN2O5S. The number of nitrogens with one attached hydrogen (secondary N) is 1. The fourth-order valence-electron chi connectivity index (χ4n) is 3.25. The minimum Gasteiger partial charge on any atom is -0.465 e. The maximum absolute atomic E-state index is 13.4. The van der Waals surface area contributed by atoms with Crippen LogP contribution in [-0.4, -0.2) is 33.9 Å². The van der Waals surface area contributed by atoms with E-state index < -0.39 is 28.4 Å². The fraction of sp³-hybridized carbons (Fsp3) is 0.167. The molecule has 172 valence electrons. The second-order valence-electron chi connectivity index (χ2n) is 7.32. The van der Waals surface area contributed by atoms with Gasteiger partial charge in [-0.2, -0.15) is 0 Å². The lowest BCUT2D eigenvalue weighted by molar-refractivity contribution is -0.114. The van der Waals surface area contributed by atoms with Crippen LogP contribution in [0, 0.1) is 13.8 Å². The molecule has 3 rings (SSSR count). The molecule has 0 unspecified atom stereocenters. The Hall–Kier alpha value is -3.36. The van der Waals surface area contributed by atoms with Crippen molar-refractivity contribution >= 4 is 44.9 Å². The van der Waals surface area contributed by atoms with Crippen molar-refractivity contribution in [1.82, 2.24) is 0 Å². The van der Waals surface area contributed by atoms with Crippen molar-refractivity contribution in [1.29, 1.82) is 0 Å². The number of benzene rings is 3. The summed E-state index contributed by atoms with van der Waals surface area (Å²) >= 11 is 5.91. The summed E-state index contributed by atoms with van der Waals surface area (Å²) in [4.78, 5) is 24.9. The monoisotopic (exact) mass is 486 g/mol. The van der Waals surface area contributed by atoms with Gasteiger partial charge >= 0.3 is 5.97 Å². The predicted octanol–water partition coefficient (Wildman–Crippen LogP) is 4.58. The molecule has 0 aliphatic rings. The number of nitrogens with zero attached hydrogens (tertiary/aromatic N) is 1. The van der Waals surface area contributed by atoms with E-state index in [2.05, 4.69) is 5.32 Å². The Labute approximate surface area is 198 Å². The number of halogens is 1. The normalized spacial score (nSPS) is 11.0. The van der Waals surface area contributed by atoms with E-state index in [1.807, 2.05) is 13.0 Å². The molecular weight excluding hydrogens is 464 g/mol. The van der Waals surface area contributed by atoms with Crippen molar-refractivity contribution in [2.45, 2.75) is 18.7 Å². The molecule has 0 radical (unpaired) electrons. The van der Waals surface area contributed by atoms with E-state index in [0.717, 1.165) is 9.87 Å². The SMILES string of the molecule is COC(=O)c1cccc(NC(=O)CN(c2cccc(C)c2)S(=O)(=O)c2ccc(Cl)cc2)c1C. The summed E-state index contributed by atoms with van der Waals surface area (Å²) in [7, 11) is -2.80. The molecule has 0 heterocycles. The second kappa shape index (κ2) is 10.1. The Morgan fingerprint density at radius 3 is 2.30 bits per heavy atom. The molecule has 3 aromatic carbocycles. The van der Waals surface area contributed by atoms with Crippen LogP contribution >= 0.6 is 11.6 Å². The van der Waals surface area contributed by atoms with Crippen LogP contribution in [0.3, 0.4) is 0 Å². The highest BCUT2D eigenvalue weighted by Gasteiger charge is 2.27. The van der Waals surface area contributed by atoms with E-state index >= 15 is 0 Å². The topological polar surface area (TPSA) is 92.8 Å². The van der Waals surface area contributed by atoms with E-state index in [-0.39, 0.29) is 4.90 Å². The maximum Gasteiger partial charge on any atom is 0.338 e. The number of carbonyl (C=O) groups is 2. The van der Waals surface area contributed by atoms with Gasteiger partial charge < -0.3 is 10.1 Å². The minimum atomic E-state index is -4.07. The van der Waals surface area contributed by atoms with Gasteiger partial charge in [0.1, 0.15) is 6.54 Å². The molecule has 0 spiro atoms. The number of hydrogen-bond donors (Lipinski definition) is 1. The van der Waals surface area contributed by atoms with Gasteiger partial charge in [0.05, 0.1) is 23.3 Å². The predicted molar refractivity (Wildman–Crippen MR) is 128 cm³/mol. The smallest absolute Gasteiger partial charge is 0.338 e. The number of rotatable bonds is 7. The van der Waals surface area contributed by atoms with Crippen LogP contribution < -0.4 is 9.62 Å². The van der Waals surface area contributed by atoms with Gasteiger partial charge in [-0.25, -0.2) is 13.2 Å². The molecule has 0 aliphatic carbocycles. The van der Waals surface area contributed by atoms with Gasteiger partial charge in [-0.05, 0) is 73.5 Å². The number of amides is 1. The van der Waals surface area contributed by atoms with Gasteiger partial charge in [0.25, 0.3) is 10.0 Å². The highest BCUT2D eigenvalue weighted by Crippen LogP contribution is 2.26. The Morgan fingerprint density at radius 2 is 1.67 bits per heavy atom. The van der Waals surface area contributed by atoms with Crippen LogP contribution in [0.15, 0.2) is 71.6 Å². The molecule has 0 fully saturated rings. The fourth-order valence-corrected chi connectivity index (χ4v) is 4.79. The van der Waals surface area contributed by atoms with Gasteiger partial charge in [-0.3, -0.25) is 9.10 Å². The molecule has 0 bridgehead atoms. The number of aryl methyl sites for hydroxylation is 1. The Kier molecular flexibility index (Phi) is 7.40. The average molecular weight is 487 g/mol. The molecule has 0 aliphatic heterocycles. The van der Waals surface area contributed by atoms with Gasteiger partial charge in [0, 0.05) is 10.7 Å². The van der Waals surface area contributed by atoms with Crippen LogP contribution in [-0.2, 0) is 19.6 Å². The number of hydrogen-bond acceptors (Lipinski definition) is 5. The summed E-state index contributed by atoms with van der Waals surface area (Å²) in [6.45, 7) is 3.03. The molecule has 0 saturated heterocycles. The number of anilines is 2. The van der Waals surface area contributed by atoms with Crippen molar-refractivity contribution in [3.05, 3.63) is 88.4 Å². The lowest BCUT2D eigenvalue weighted by atomic mass is 10.1. The largest absolute Gasteiger partial charge is 0.465 e. The zero-order chi connectivity index (χ0) is 24.2. The standard InChI is InChI=1S/C24H23ClN2O5S/c1-16-6-4-7-19(14-16)27(33(30,31)20-12-10-18(25)11-13-20)15-23(28)26-22-9-5-8-21(17(22)2)24(29)32-3/h4-14H,15H2,1-3H3,(H,26,28). The summed E-state index contributed by atoms with van der Waals surface area (Å²) in [5.41, 5.74) is 2.39. The van der Waals surface area contributed by atoms with E-state index in [9.17, 15) is 18.0 Å². The van der Waals surface area contributed by atoms with Crippen LogP contribution in [0.4, 0.5) is 11.4 Å². The van der Waals surface area contributed by atoms with Crippen molar-refractivity contribution in [3.8, 4) is 0 Å². The Bertz CT molecular complexity index is 1290. The Balaban J connectivity index is 1.95. The van der Waals surface area contributed by atoms with Crippen LogP contribution in [0.1, 0.15) is 21.5 Å². The third-order valence-electron chi connectivity index (χ3n) is 4.99. The summed E-state index contributed by atoms with van der Waals surface area (Å²) in [5.74, 6) is -1.10. The lowest BCUT2D eigenvalue weighted by Crippen LogP contribution is -2.38. The van der Waals surface area contributed by atoms with Crippen molar-refractivity contribution in [2.24, 2.45) is 0 Å². The van der Waals surface area contributed by atoms with E-state index in [4.69, 9.17) is 16.3 Å². The van der Waals surface area contributed by atoms with Crippen molar-refractivity contribution < 1.29 is 22.7 Å². The van der Waals surface area contributed by atoms with Gasteiger partial charge in [-0.1, -0.05) is 29.8 Å². The molecule has 33 heavy (non-hydrogen) atoms. The minimum absolute atomic E-state index is 0.00470. The molecule has 9 heteroatoms. The first-order valence-electron chi connectivity index (χ1n) is 9.96. The summed E-state index contributed by atoms with van der Waals surface area (Å²) in [5, 5.41) is 3.10. The first-order chi connectivity index (χ1) is 15.6. The van der Waals surface area contributed by atoms with Crippen LogP contribution in [0.25, 0.3) is 0 Å². The Morgan fingerprint density at radius 1 is 1.00 bits per heavy atom. The van der Waals surface area contributed by atoms with Crippen molar-refractivity contribution in [2.75, 3.05) is 23.3 Å². The van der Waals surface area contributed by atoms with Gasteiger partial charge in [-0.15, -0.1) is 0 Å². The third-order valence-corrected chi connectivity index (χ3v) is 7.03. The van der Waals surface area contributed by atoms with E-state index in [0.29, 0.717) is 27.5 Å². The number of esters is 1. The highest BCUT2D eigenvalue weighted by atomic mass is 35.5. The molecule has 0 saturated carbocycles. The molecule has 3 aromatic rings. The number of sulfonamides is 1. The summed E-state index contributed by atoms with van der Waals surface area (Å²) in [6, 6.07) is 17.4. The molecule has 1 amide bonds. The third kappa shape index (κ3) is 5.53.